The normalized spacial score (nSPS) is 19.7. The van der Waals surface area contributed by atoms with Crippen molar-refractivity contribution < 1.29 is 8.78 Å². The fourth-order valence-electron chi connectivity index (χ4n) is 3.19. The smallest absolute Gasteiger partial charge is 0.126 e. The van der Waals surface area contributed by atoms with Crippen molar-refractivity contribution in [3.05, 3.63) is 35.4 Å². The van der Waals surface area contributed by atoms with Crippen molar-refractivity contribution in [2.24, 2.45) is 11.1 Å². The van der Waals surface area contributed by atoms with E-state index in [0.29, 0.717) is 18.5 Å². The zero-order chi connectivity index (χ0) is 13.7. The molecule has 0 aromatic heterocycles. The highest BCUT2D eigenvalue weighted by atomic mass is 19.1. The van der Waals surface area contributed by atoms with Crippen molar-refractivity contribution in [1.29, 1.82) is 0 Å². The molecule has 0 aliphatic heterocycles. The molecule has 0 spiro atoms. The topological polar surface area (TPSA) is 26.0 Å². The molecule has 1 fully saturated rings. The van der Waals surface area contributed by atoms with Gasteiger partial charge in [0.25, 0.3) is 0 Å². The molecular formula is C16H23F2N. The van der Waals surface area contributed by atoms with Gasteiger partial charge in [-0.15, -0.1) is 0 Å². The van der Waals surface area contributed by atoms with Crippen molar-refractivity contribution in [3.63, 3.8) is 0 Å². The van der Waals surface area contributed by atoms with Gasteiger partial charge in [0.15, 0.2) is 0 Å². The quantitative estimate of drug-likeness (QED) is 0.872. The van der Waals surface area contributed by atoms with Crippen LogP contribution in [0.15, 0.2) is 18.2 Å². The maximum atomic E-state index is 13.8. The van der Waals surface area contributed by atoms with Crippen LogP contribution in [0.25, 0.3) is 0 Å². The highest BCUT2D eigenvalue weighted by Crippen LogP contribution is 2.37. The van der Waals surface area contributed by atoms with Crippen LogP contribution in [0.1, 0.15) is 50.5 Å². The monoisotopic (exact) mass is 267 g/mol. The molecule has 0 saturated heterocycles. The SMILES string of the molecule is NCC1(Cc2cc(F)ccc2F)CCCCCCC1. The Bertz CT molecular complexity index is 409. The van der Waals surface area contributed by atoms with Gasteiger partial charge in [0, 0.05) is 0 Å². The lowest BCUT2D eigenvalue weighted by molar-refractivity contribution is 0.214. The second kappa shape index (κ2) is 6.47. The number of hydrogen-bond acceptors (Lipinski definition) is 1. The minimum absolute atomic E-state index is 0.0466. The van der Waals surface area contributed by atoms with E-state index in [1.165, 1.54) is 37.5 Å². The van der Waals surface area contributed by atoms with Crippen LogP contribution in [-0.2, 0) is 6.42 Å². The van der Waals surface area contributed by atoms with E-state index in [0.717, 1.165) is 25.7 Å². The third-order valence-electron chi connectivity index (χ3n) is 4.42. The van der Waals surface area contributed by atoms with E-state index >= 15 is 0 Å². The predicted octanol–water partition coefficient (Wildman–Crippen LogP) is 4.20. The van der Waals surface area contributed by atoms with Crippen molar-refractivity contribution in [1.82, 2.24) is 0 Å². The number of benzene rings is 1. The molecule has 0 bridgehead atoms. The third kappa shape index (κ3) is 3.75. The Labute approximate surface area is 114 Å². The van der Waals surface area contributed by atoms with Crippen molar-refractivity contribution in [2.45, 2.75) is 51.4 Å². The Morgan fingerprint density at radius 3 is 2.26 bits per heavy atom. The average Bonchev–Trinajstić information content (AvgIpc) is 2.37. The van der Waals surface area contributed by atoms with E-state index in [1.807, 2.05) is 0 Å². The van der Waals surface area contributed by atoms with Gasteiger partial charge in [0.1, 0.15) is 11.6 Å². The van der Waals surface area contributed by atoms with Gasteiger partial charge >= 0.3 is 0 Å². The average molecular weight is 267 g/mol. The molecule has 0 atom stereocenters. The van der Waals surface area contributed by atoms with E-state index in [-0.39, 0.29) is 17.0 Å². The van der Waals surface area contributed by atoms with Gasteiger partial charge in [-0.3, -0.25) is 0 Å². The Morgan fingerprint density at radius 2 is 1.63 bits per heavy atom. The summed E-state index contributed by atoms with van der Waals surface area (Å²) < 4.78 is 27.1. The van der Waals surface area contributed by atoms with Crippen LogP contribution in [0.5, 0.6) is 0 Å². The molecular weight excluding hydrogens is 244 g/mol. The largest absolute Gasteiger partial charge is 0.330 e. The Kier molecular flexibility index (Phi) is 4.92. The Hall–Kier alpha value is -0.960. The molecule has 0 radical (unpaired) electrons. The number of halogens is 2. The lowest BCUT2D eigenvalue weighted by Crippen LogP contribution is -2.34. The van der Waals surface area contributed by atoms with E-state index in [2.05, 4.69) is 0 Å². The zero-order valence-electron chi connectivity index (χ0n) is 11.4. The van der Waals surface area contributed by atoms with Crippen LogP contribution in [0.2, 0.25) is 0 Å². The molecule has 2 rings (SSSR count). The van der Waals surface area contributed by atoms with E-state index in [9.17, 15) is 8.78 Å². The van der Waals surface area contributed by atoms with Crippen LogP contribution < -0.4 is 5.73 Å². The molecule has 2 N–H and O–H groups in total. The Balaban J connectivity index is 2.18. The molecule has 1 aliphatic rings. The number of hydrogen-bond donors (Lipinski definition) is 1. The molecule has 0 amide bonds. The van der Waals surface area contributed by atoms with Gasteiger partial charge < -0.3 is 5.73 Å². The summed E-state index contributed by atoms with van der Waals surface area (Å²) in [7, 11) is 0. The first-order chi connectivity index (χ1) is 9.15. The van der Waals surface area contributed by atoms with Gasteiger partial charge in [-0.1, -0.05) is 32.1 Å². The zero-order valence-corrected chi connectivity index (χ0v) is 11.4. The van der Waals surface area contributed by atoms with Gasteiger partial charge in [-0.25, -0.2) is 8.78 Å². The fraction of sp³-hybridized carbons (Fsp3) is 0.625. The van der Waals surface area contributed by atoms with Crippen LogP contribution in [0.4, 0.5) is 8.78 Å². The van der Waals surface area contributed by atoms with Gasteiger partial charge in [-0.05, 0) is 55.0 Å². The standard InChI is InChI=1S/C16H23F2N/c17-14-6-7-15(18)13(10-14)11-16(12-19)8-4-2-1-3-5-9-16/h6-7,10H,1-5,8-9,11-12,19H2. The Morgan fingerprint density at radius 1 is 1.00 bits per heavy atom. The fourth-order valence-corrected chi connectivity index (χ4v) is 3.19. The maximum absolute atomic E-state index is 13.8. The summed E-state index contributed by atoms with van der Waals surface area (Å²) in [4.78, 5) is 0. The van der Waals surface area contributed by atoms with E-state index in [1.54, 1.807) is 0 Å². The number of nitrogens with two attached hydrogens (primary N) is 1. The molecule has 1 aromatic carbocycles. The van der Waals surface area contributed by atoms with E-state index in [4.69, 9.17) is 5.73 Å². The first kappa shape index (κ1) is 14.4. The summed E-state index contributed by atoms with van der Waals surface area (Å²) >= 11 is 0. The van der Waals surface area contributed by atoms with Crippen LogP contribution in [-0.4, -0.2) is 6.54 Å². The second-order valence-electron chi connectivity index (χ2n) is 5.88. The minimum atomic E-state index is -0.366. The molecule has 106 valence electrons. The summed E-state index contributed by atoms with van der Waals surface area (Å²) in [5.74, 6) is -0.675. The predicted molar refractivity (Wildman–Crippen MR) is 73.9 cm³/mol. The maximum Gasteiger partial charge on any atom is 0.126 e. The molecule has 1 aromatic rings. The van der Waals surface area contributed by atoms with Gasteiger partial charge in [-0.2, -0.15) is 0 Å². The van der Waals surface area contributed by atoms with Gasteiger partial charge in [0.05, 0.1) is 0 Å². The molecule has 0 unspecified atom stereocenters. The third-order valence-corrected chi connectivity index (χ3v) is 4.42. The highest BCUT2D eigenvalue weighted by molar-refractivity contribution is 5.20. The molecule has 0 heterocycles. The van der Waals surface area contributed by atoms with Gasteiger partial charge in [0.2, 0.25) is 0 Å². The van der Waals surface area contributed by atoms with Crippen molar-refractivity contribution in [3.8, 4) is 0 Å². The summed E-state index contributed by atoms with van der Waals surface area (Å²) in [5.41, 5.74) is 6.41. The van der Waals surface area contributed by atoms with E-state index < -0.39 is 0 Å². The molecule has 3 heteroatoms. The van der Waals surface area contributed by atoms with Crippen LogP contribution in [0.3, 0.4) is 0 Å². The molecule has 1 aliphatic carbocycles. The van der Waals surface area contributed by atoms with Crippen LogP contribution in [0, 0.1) is 17.0 Å². The highest BCUT2D eigenvalue weighted by Gasteiger charge is 2.30. The second-order valence-corrected chi connectivity index (χ2v) is 5.88. The first-order valence-electron chi connectivity index (χ1n) is 7.29. The van der Waals surface area contributed by atoms with Crippen LogP contribution >= 0.6 is 0 Å². The summed E-state index contributed by atoms with van der Waals surface area (Å²) in [5, 5.41) is 0. The summed E-state index contributed by atoms with van der Waals surface area (Å²) in [6, 6.07) is 3.72. The first-order valence-corrected chi connectivity index (χ1v) is 7.29. The minimum Gasteiger partial charge on any atom is -0.330 e. The number of rotatable bonds is 3. The molecule has 1 saturated carbocycles. The van der Waals surface area contributed by atoms with Crippen molar-refractivity contribution >= 4 is 0 Å². The lowest BCUT2D eigenvalue weighted by Gasteiger charge is -2.34. The molecule has 19 heavy (non-hydrogen) atoms. The van der Waals surface area contributed by atoms with Crippen molar-refractivity contribution in [2.75, 3.05) is 6.54 Å². The summed E-state index contributed by atoms with van der Waals surface area (Å²) in [6.45, 7) is 0.558. The molecule has 1 nitrogen and oxygen atoms in total. The lowest BCUT2D eigenvalue weighted by atomic mass is 9.72. The summed E-state index contributed by atoms with van der Waals surface area (Å²) in [6.07, 6.45) is 8.66.